The van der Waals surface area contributed by atoms with Gasteiger partial charge in [-0.1, -0.05) is 36.4 Å². The van der Waals surface area contributed by atoms with Gasteiger partial charge in [-0.15, -0.1) is 4.83 Å². The van der Waals surface area contributed by atoms with Crippen LogP contribution in [0, 0.1) is 17.0 Å². The van der Waals surface area contributed by atoms with Gasteiger partial charge in [-0.25, -0.2) is 8.42 Å². The summed E-state index contributed by atoms with van der Waals surface area (Å²) in [6.45, 7) is 3.49. The molecule has 12 heteroatoms. The number of carbonyl (C=O) groups is 2. The second-order valence-corrected chi connectivity index (χ2v) is 11.0. The third-order valence-electron chi connectivity index (χ3n) is 7.18. The molecule has 0 bridgehead atoms. The molecule has 39 heavy (non-hydrogen) atoms. The number of carbonyl (C=O) groups excluding carboxylic acids is 2. The number of para-hydroxylation sites is 1. The number of sulfonamides is 1. The Bertz CT molecular complexity index is 1750. The second-order valence-electron chi connectivity index (χ2n) is 9.30. The average molecular weight is 548 g/mol. The van der Waals surface area contributed by atoms with E-state index in [1.165, 1.54) is 11.8 Å². The molecular formula is C27H25N5O6S. The van der Waals surface area contributed by atoms with Gasteiger partial charge < -0.3 is 9.47 Å². The van der Waals surface area contributed by atoms with E-state index in [-0.39, 0.29) is 16.5 Å². The van der Waals surface area contributed by atoms with Gasteiger partial charge in [-0.05, 0) is 43.7 Å². The van der Waals surface area contributed by atoms with Crippen LogP contribution in [0.25, 0.3) is 10.9 Å². The summed E-state index contributed by atoms with van der Waals surface area (Å²) in [4.78, 5) is 40.3. The number of aromatic nitrogens is 1. The molecule has 0 saturated carbocycles. The first-order valence-corrected chi connectivity index (χ1v) is 13.5. The number of hydrogen-bond acceptors (Lipinski definition) is 6. The van der Waals surface area contributed by atoms with E-state index >= 15 is 0 Å². The van der Waals surface area contributed by atoms with E-state index in [9.17, 15) is 28.1 Å². The van der Waals surface area contributed by atoms with Crippen LogP contribution in [0.4, 0.5) is 5.69 Å². The first-order chi connectivity index (χ1) is 18.5. The van der Waals surface area contributed by atoms with Crippen molar-refractivity contribution >= 4 is 38.4 Å². The molecule has 0 aliphatic carbocycles. The molecule has 1 aliphatic rings. The molecular weight excluding hydrogens is 522 g/mol. The molecule has 0 spiro atoms. The zero-order valence-corrected chi connectivity index (χ0v) is 22.1. The monoisotopic (exact) mass is 547 g/mol. The molecule has 5 rings (SSSR count). The van der Waals surface area contributed by atoms with Gasteiger partial charge in [0.2, 0.25) is 0 Å². The van der Waals surface area contributed by atoms with Crippen LogP contribution < -0.4 is 10.3 Å². The fourth-order valence-electron chi connectivity index (χ4n) is 5.08. The quantitative estimate of drug-likeness (QED) is 0.268. The second kappa shape index (κ2) is 9.64. The molecule has 0 radical (unpaired) electrons. The first-order valence-electron chi connectivity index (χ1n) is 12.0. The van der Waals surface area contributed by atoms with Crippen molar-refractivity contribution in [3.63, 3.8) is 0 Å². The van der Waals surface area contributed by atoms with Crippen molar-refractivity contribution in [2.24, 2.45) is 7.05 Å². The Labute approximate surface area is 224 Å². The molecule has 3 aromatic carbocycles. The van der Waals surface area contributed by atoms with Crippen molar-refractivity contribution in [3.8, 4) is 0 Å². The van der Waals surface area contributed by atoms with E-state index in [0.717, 1.165) is 52.0 Å². The van der Waals surface area contributed by atoms with Crippen molar-refractivity contribution in [2.45, 2.75) is 30.8 Å². The SMILES string of the molecule is Cc1c(C2c3ccccc3C(=O)N2C(C)C(=O)NNS(=O)(=O)c2ccc([N+](=O)[O-])cc2)c2ccccc2n1C. The Hall–Kier alpha value is -4.55. The van der Waals surface area contributed by atoms with Gasteiger partial charge in [-0.2, -0.15) is 0 Å². The normalized spacial score (nSPS) is 15.8. The van der Waals surface area contributed by atoms with E-state index in [2.05, 4.69) is 5.43 Å². The maximum absolute atomic E-state index is 13.6. The van der Waals surface area contributed by atoms with Crippen LogP contribution in [0.3, 0.4) is 0 Å². The summed E-state index contributed by atoms with van der Waals surface area (Å²) in [5.74, 6) is -1.09. The van der Waals surface area contributed by atoms with Crippen molar-refractivity contribution in [2.75, 3.05) is 0 Å². The predicted molar refractivity (Wildman–Crippen MR) is 143 cm³/mol. The molecule has 11 nitrogen and oxygen atoms in total. The zero-order chi connectivity index (χ0) is 28.1. The minimum Gasteiger partial charge on any atom is -0.348 e. The van der Waals surface area contributed by atoms with E-state index in [4.69, 9.17) is 0 Å². The zero-order valence-electron chi connectivity index (χ0n) is 21.3. The van der Waals surface area contributed by atoms with Crippen molar-refractivity contribution in [1.29, 1.82) is 0 Å². The molecule has 2 N–H and O–H groups in total. The van der Waals surface area contributed by atoms with E-state index in [0.29, 0.717) is 5.56 Å². The standard InChI is InChI=1S/C27H25N5O6S/c1-16-24(22-10-6-7-11-23(22)30(16)3)25-20-8-4-5-9-21(20)27(34)31(25)17(2)26(33)28-29-39(37,38)19-14-12-18(13-15-19)32(35)36/h4-15,17,25,29H,1-3H3,(H,28,33). The number of nitrogens with zero attached hydrogens (tertiary/aromatic N) is 3. The highest BCUT2D eigenvalue weighted by atomic mass is 32.2. The fourth-order valence-corrected chi connectivity index (χ4v) is 5.93. The van der Waals surface area contributed by atoms with Crippen LogP contribution >= 0.6 is 0 Å². The summed E-state index contributed by atoms with van der Waals surface area (Å²) >= 11 is 0. The predicted octanol–water partition coefficient (Wildman–Crippen LogP) is 3.34. The molecule has 200 valence electrons. The highest BCUT2D eigenvalue weighted by Gasteiger charge is 2.44. The van der Waals surface area contributed by atoms with Crippen LogP contribution in [-0.2, 0) is 21.9 Å². The van der Waals surface area contributed by atoms with Crippen molar-refractivity contribution in [3.05, 3.63) is 105 Å². The number of nitrogens with one attached hydrogen (secondary N) is 2. The Morgan fingerprint density at radius 2 is 1.67 bits per heavy atom. The lowest BCUT2D eigenvalue weighted by atomic mass is 9.95. The van der Waals surface area contributed by atoms with Gasteiger partial charge in [0.25, 0.3) is 27.5 Å². The summed E-state index contributed by atoms with van der Waals surface area (Å²) in [6, 6.07) is 17.6. The molecule has 4 aromatic rings. The van der Waals surface area contributed by atoms with Gasteiger partial charge in [0.1, 0.15) is 6.04 Å². The van der Waals surface area contributed by atoms with Gasteiger partial charge >= 0.3 is 0 Å². The van der Waals surface area contributed by atoms with E-state index in [1.807, 2.05) is 59.8 Å². The molecule has 1 aliphatic heterocycles. The number of hydrogen-bond donors (Lipinski definition) is 2. The van der Waals surface area contributed by atoms with Crippen LogP contribution in [0.1, 0.15) is 40.1 Å². The lowest BCUT2D eigenvalue weighted by molar-refractivity contribution is -0.384. The number of nitro benzene ring substituents is 1. The molecule has 1 aromatic heterocycles. The molecule has 2 amide bonds. The smallest absolute Gasteiger partial charge is 0.269 e. The van der Waals surface area contributed by atoms with Crippen LogP contribution in [0.15, 0.2) is 77.7 Å². The summed E-state index contributed by atoms with van der Waals surface area (Å²) < 4.78 is 27.4. The Kier molecular flexibility index (Phi) is 6.44. The highest BCUT2D eigenvalue weighted by molar-refractivity contribution is 7.89. The average Bonchev–Trinajstić information content (AvgIpc) is 3.36. The maximum Gasteiger partial charge on any atom is 0.269 e. The van der Waals surface area contributed by atoms with Crippen LogP contribution in [-0.4, -0.2) is 40.7 Å². The summed E-state index contributed by atoms with van der Waals surface area (Å²) in [5.41, 5.74) is 5.96. The number of benzene rings is 3. The summed E-state index contributed by atoms with van der Waals surface area (Å²) in [5, 5.41) is 11.8. The maximum atomic E-state index is 13.6. The number of hydrazine groups is 1. The highest BCUT2D eigenvalue weighted by Crippen LogP contribution is 2.44. The number of fused-ring (bicyclic) bond motifs is 2. The van der Waals surface area contributed by atoms with Gasteiger partial charge in [0.05, 0.1) is 15.9 Å². The Morgan fingerprint density at radius 3 is 2.36 bits per heavy atom. The van der Waals surface area contributed by atoms with Crippen LogP contribution in [0.2, 0.25) is 0 Å². The first kappa shape index (κ1) is 26.1. The topological polar surface area (TPSA) is 144 Å². The molecule has 2 unspecified atom stereocenters. The third kappa shape index (κ3) is 4.33. The van der Waals surface area contributed by atoms with Crippen molar-refractivity contribution < 1.29 is 22.9 Å². The number of non-ortho nitro benzene ring substituents is 1. The fraction of sp³-hybridized carbons (Fsp3) is 0.185. The summed E-state index contributed by atoms with van der Waals surface area (Å²) in [7, 11) is -2.29. The number of rotatable bonds is 7. The van der Waals surface area contributed by atoms with Gasteiger partial charge in [0, 0.05) is 46.9 Å². The number of nitro groups is 1. The number of aryl methyl sites for hydroxylation is 1. The lowest BCUT2D eigenvalue weighted by Gasteiger charge is -2.31. The molecule has 0 fully saturated rings. The van der Waals surface area contributed by atoms with E-state index < -0.39 is 32.9 Å². The van der Waals surface area contributed by atoms with E-state index in [1.54, 1.807) is 12.1 Å². The molecule has 2 heterocycles. The Morgan fingerprint density at radius 1 is 1.03 bits per heavy atom. The van der Waals surface area contributed by atoms with Gasteiger partial charge in [-0.3, -0.25) is 25.1 Å². The minimum absolute atomic E-state index is 0.269. The van der Waals surface area contributed by atoms with Gasteiger partial charge in [0.15, 0.2) is 0 Å². The largest absolute Gasteiger partial charge is 0.348 e. The van der Waals surface area contributed by atoms with Crippen molar-refractivity contribution in [1.82, 2.24) is 19.7 Å². The minimum atomic E-state index is -4.23. The summed E-state index contributed by atoms with van der Waals surface area (Å²) in [6.07, 6.45) is 0. The Balaban J connectivity index is 1.46. The van der Waals surface area contributed by atoms with Crippen LogP contribution in [0.5, 0.6) is 0 Å². The lowest BCUT2D eigenvalue weighted by Crippen LogP contribution is -2.52. The molecule has 0 saturated heterocycles. The third-order valence-corrected chi connectivity index (χ3v) is 8.45. The molecule has 2 atom stereocenters. The number of amides is 2.